The number of rotatable bonds is 9. The summed E-state index contributed by atoms with van der Waals surface area (Å²) >= 11 is 12.1. The molecule has 0 saturated carbocycles. The number of halogens is 3. The van der Waals surface area contributed by atoms with E-state index in [1.807, 2.05) is 36.1 Å². The third-order valence-electron chi connectivity index (χ3n) is 8.67. The van der Waals surface area contributed by atoms with Crippen LogP contribution in [0.5, 0.6) is 5.75 Å². The first kappa shape index (κ1) is 31.5. The molecular weight excluding hydrogens is 634 g/mol. The van der Waals surface area contributed by atoms with Crippen LogP contribution in [0, 0.1) is 11.8 Å². The Balaban J connectivity index is 1.54. The van der Waals surface area contributed by atoms with Crippen LogP contribution in [-0.2, 0) is 21.7 Å². The Morgan fingerprint density at radius 2 is 1.98 bits per heavy atom. The maximum absolute atomic E-state index is 16.8. The van der Waals surface area contributed by atoms with Crippen molar-refractivity contribution in [2.45, 2.75) is 25.0 Å². The first-order valence-corrected chi connectivity index (χ1v) is 15.3. The Bertz CT molecular complexity index is 1810. The molecule has 4 heterocycles. The van der Waals surface area contributed by atoms with Crippen LogP contribution in [-0.4, -0.2) is 52.0 Å². The van der Waals surface area contributed by atoms with Gasteiger partial charge < -0.3 is 20.1 Å². The number of carbonyl (C=O) groups is 3. The lowest BCUT2D eigenvalue weighted by atomic mass is 9.74. The summed E-state index contributed by atoms with van der Waals surface area (Å²) < 4.78 is 22.5. The van der Waals surface area contributed by atoms with Crippen LogP contribution in [0.15, 0.2) is 96.3 Å². The zero-order valence-electron chi connectivity index (χ0n) is 24.6. The molecule has 236 valence electrons. The number of nitrogens with zero attached hydrogens (tertiary/aromatic N) is 3. The first-order valence-electron chi connectivity index (χ1n) is 14.6. The molecule has 2 fully saturated rings. The normalized spacial score (nSPS) is 24.0. The number of pyridine rings is 1. The minimum Gasteiger partial charge on any atom is -0.494 e. The van der Waals surface area contributed by atoms with Gasteiger partial charge in [-0.1, -0.05) is 48.0 Å². The highest BCUT2D eigenvalue weighted by atomic mass is 35.5. The van der Waals surface area contributed by atoms with Gasteiger partial charge in [-0.2, -0.15) is 0 Å². The Labute approximate surface area is 274 Å². The molecule has 0 bridgehead atoms. The first-order chi connectivity index (χ1) is 22.1. The molecule has 1 spiro atoms. The number of ether oxygens (including phenoxy) is 1. The summed E-state index contributed by atoms with van der Waals surface area (Å²) in [6.07, 6.45) is 3.99. The lowest BCUT2D eigenvalue weighted by Gasteiger charge is -2.40. The van der Waals surface area contributed by atoms with Crippen LogP contribution in [0.25, 0.3) is 0 Å². The molecule has 2 N–H and O–H groups in total. The predicted molar refractivity (Wildman–Crippen MR) is 173 cm³/mol. The van der Waals surface area contributed by atoms with E-state index in [-0.39, 0.29) is 34.7 Å². The topological polar surface area (TPSA) is 112 Å². The van der Waals surface area contributed by atoms with Crippen molar-refractivity contribution in [2.75, 3.05) is 23.4 Å². The quantitative estimate of drug-likeness (QED) is 0.204. The monoisotopic (exact) mass is 662 g/mol. The number of aromatic carboxylic acids is 1. The van der Waals surface area contributed by atoms with Crippen molar-refractivity contribution >= 4 is 52.5 Å². The van der Waals surface area contributed by atoms with Gasteiger partial charge >= 0.3 is 5.97 Å². The summed E-state index contributed by atoms with van der Waals surface area (Å²) in [4.78, 5) is 47.9. The van der Waals surface area contributed by atoms with Crippen molar-refractivity contribution in [3.8, 4) is 5.75 Å². The number of carbonyl (C=O) groups excluding carboxylic acids is 2. The van der Waals surface area contributed by atoms with Gasteiger partial charge in [-0.3, -0.25) is 14.5 Å². The summed E-state index contributed by atoms with van der Waals surface area (Å²) in [6.45, 7) is 6.21. The number of hydrogen-bond acceptors (Lipinski definition) is 6. The van der Waals surface area contributed by atoms with Gasteiger partial charge in [0.1, 0.15) is 28.1 Å². The van der Waals surface area contributed by atoms with Crippen molar-refractivity contribution in [3.63, 3.8) is 0 Å². The van der Waals surface area contributed by atoms with Crippen molar-refractivity contribution in [1.82, 2.24) is 9.88 Å². The van der Waals surface area contributed by atoms with Crippen LogP contribution in [0.1, 0.15) is 28.4 Å². The van der Waals surface area contributed by atoms with Gasteiger partial charge in [0.15, 0.2) is 0 Å². The molecule has 0 aliphatic carbocycles. The number of fused-ring (bicyclic) bond motifs is 3. The van der Waals surface area contributed by atoms with E-state index in [1.54, 1.807) is 24.3 Å². The van der Waals surface area contributed by atoms with Crippen molar-refractivity contribution in [1.29, 1.82) is 0 Å². The zero-order valence-corrected chi connectivity index (χ0v) is 26.1. The Kier molecular flexibility index (Phi) is 8.45. The van der Waals surface area contributed by atoms with E-state index >= 15 is 4.39 Å². The van der Waals surface area contributed by atoms with Gasteiger partial charge in [0, 0.05) is 35.4 Å². The molecule has 12 heteroatoms. The molecule has 2 aromatic carbocycles. The highest BCUT2D eigenvalue weighted by molar-refractivity contribution is 6.30. The molecule has 1 aromatic heterocycles. The zero-order chi connectivity index (χ0) is 32.7. The van der Waals surface area contributed by atoms with Gasteiger partial charge in [0.25, 0.3) is 5.91 Å². The average Bonchev–Trinajstić information content (AvgIpc) is 3.60. The van der Waals surface area contributed by atoms with Crippen LogP contribution in [0.3, 0.4) is 0 Å². The maximum atomic E-state index is 16.8. The molecule has 9 nitrogen and oxygen atoms in total. The Hall–Kier alpha value is -4.51. The molecule has 0 radical (unpaired) electrons. The Morgan fingerprint density at radius 3 is 2.67 bits per heavy atom. The van der Waals surface area contributed by atoms with Crippen molar-refractivity contribution in [3.05, 3.63) is 118 Å². The van der Waals surface area contributed by atoms with Crippen molar-refractivity contribution < 1.29 is 28.6 Å². The van der Waals surface area contributed by atoms with Crippen LogP contribution in [0.2, 0.25) is 5.15 Å². The maximum Gasteiger partial charge on any atom is 0.335 e. The minimum atomic E-state index is -1.68. The summed E-state index contributed by atoms with van der Waals surface area (Å²) in [5, 5.41) is 12.5. The average molecular weight is 664 g/mol. The summed E-state index contributed by atoms with van der Waals surface area (Å²) in [5.74, 6) is -4.20. The van der Waals surface area contributed by atoms with Crippen LogP contribution < -0.4 is 15.0 Å². The number of amides is 2. The fourth-order valence-corrected chi connectivity index (χ4v) is 7.14. The molecular formula is C34H29Cl2FN4O5. The number of aromatic nitrogens is 1. The summed E-state index contributed by atoms with van der Waals surface area (Å²) in [7, 11) is 0. The second-order valence-electron chi connectivity index (χ2n) is 11.2. The van der Waals surface area contributed by atoms with E-state index in [2.05, 4.69) is 16.9 Å². The van der Waals surface area contributed by atoms with E-state index < -0.39 is 47.0 Å². The largest absolute Gasteiger partial charge is 0.494 e. The molecule has 2 saturated heterocycles. The number of anilines is 2. The van der Waals surface area contributed by atoms with Gasteiger partial charge in [-0.25, -0.2) is 14.2 Å². The molecule has 6 rings (SSSR count). The highest BCUT2D eigenvalue weighted by Gasteiger charge is 2.71. The summed E-state index contributed by atoms with van der Waals surface area (Å²) in [6, 6.07) is 15.9. The third-order valence-corrected chi connectivity index (χ3v) is 9.00. The fourth-order valence-electron chi connectivity index (χ4n) is 6.92. The number of benzene rings is 2. The highest BCUT2D eigenvalue weighted by Crippen LogP contribution is 2.60. The van der Waals surface area contributed by atoms with E-state index in [0.29, 0.717) is 23.6 Å². The molecule has 46 heavy (non-hydrogen) atoms. The van der Waals surface area contributed by atoms with E-state index in [4.69, 9.17) is 27.9 Å². The lowest BCUT2D eigenvalue weighted by molar-refractivity contribution is -0.129. The number of nitrogens with one attached hydrogen (secondary N) is 1. The number of carboxylic acid groups (broad SMARTS) is 1. The smallest absolute Gasteiger partial charge is 0.335 e. The minimum absolute atomic E-state index is 0.0651. The van der Waals surface area contributed by atoms with E-state index in [1.165, 1.54) is 35.3 Å². The predicted octanol–water partition coefficient (Wildman–Crippen LogP) is 6.31. The van der Waals surface area contributed by atoms with Gasteiger partial charge in [0.05, 0.1) is 24.0 Å². The van der Waals surface area contributed by atoms with E-state index in [0.717, 1.165) is 5.56 Å². The molecule has 3 aliphatic heterocycles. The fraction of sp³-hybridized carbons (Fsp3) is 0.235. The van der Waals surface area contributed by atoms with Gasteiger partial charge in [0.2, 0.25) is 5.91 Å². The SMILES string of the molecule is C=C(Cl)/C=C\C=C(/F)[C@H]1[C@@H]2C(=O)N(c3ccc(C(=O)O)cc3)C[C@@H]2N(Cc2cccc(OCC)c2)[C@@]12C(=O)Nc1nc(Cl)ccc12. The standard InChI is InChI=1S/C34H29Cl2FN4O5/c1-3-46-23-8-5-7-20(16-23)17-41-26-18-40(22-12-10-21(11-13-22)32(43)44)31(42)28(26)29(25(37)9-4-6-19(2)35)34(41)24-14-15-27(36)38-30(24)39-33(34)45/h4-16,26,28-29H,2-3,17-18H2,1H3,(H,43,44)(H,38,39,45)/b6-4-,25-9-/t26-,28+,29-,34+/m0/s1. The van der Waals surface area contributed by atoms with E-state index in [9.17, 15) is 19.5 Å². The second-order valence-corrected chi connectivity index (χ2v) is 12.1. The van der Waals surface area contributed by atoms with Gasteiger partial charge in [-0.05, 0) is 73.2 Å². The molecule has 3 aliphatic rings. The third kappa shape index (κ3) is 5.26. The number of likely N-dealkylation sites (tertiary alicyclic amines) is 1. The number of carboxylic acids is 1. The molecule has 2 amide bonds. The molecule has 3 aromatic rings. The van der Waals surface area contributed by atoms with Crippen molar-refractivity contribution in [2.24, 2.45) is 11.8 Å². The number of allylic oxidation sites excluding steroid dienone is 4. The molecule has 4 atom stereocenters. The van der Waals surface area contributed by atoms with Gasteiger partial charge in [-0.15, -0.1) is 0 Å². The van der Waals surface area contributed by atoms with Crippen LogP contribution >= 0.6 is 23.2 Å². The van der Waals surface area contributed by atoms with Crippen LogP contribution in [0.4, 0.5) is 15.9 Å². The lowest BCUT2D eigenvalue weighted by Crippen LogP contribution is -2.54. The molecule has 0 unspecified atom stereocenters. The summed E-state index contributed by atoms with van der Waals surface area (Å²) in [5.41, 5.74) is 0.0396. The second kappa shape index (κ2) is 12.4. The Morgan fingerprint density at radius 1 is 1.22 bits per heavy atom. The number of hydrogen-bond donors (Lipinski definition) is 2.